The van der Waals surface area contributed by atoms with Crippen molar-refractivity contribution in [1.29, 1.82) is 0 Å². The summed E-state index contributed by atoms with van der Waals surface area (Å²) in [5, 5.41) is 3.75. The number of nitrogens with zero attached hydrogens (tertiary/aromatic N) is 1. The van der Waals surface area contributed by atoms with E-state index >= 15 is 0 Å². The fraction of sp³-hybridized carbons (Fsp3) is 1.00. The van der Waals surface area contributed by atoms with E-state index in [9.17, 15) is 0 Å². The van der Waals surface area contributed by atoms with Crippen LogP contribution in [0.3, 0.4) is 0 Å². The lowest BCUT2D eigenvalue weighted by molar-refractivity contribution is 0.0176. The van der Waals surface area contributed by atoms with Crippen LogP contribution in [0.5, 0.6) is 0 Å². The maximum Gasteiger partial charge on any atom is 0.0594 e. The number of nitrogens with one attached hydrogen (secondary N) is 1. The van der Waals surface area contributed by atoms with Crippen molar-refractivity contribution in [3.05, 3.63) is 0 Å². The standard InChI is InChI=1S/C15H30N2O2/c1-13(16-15-5-9-18-10-6-15)3-4-14(2)17-7-11-19-12-8-17/h13-16H,3-12H2,1-2H3. The van der Waals surface area contributed by atoms with Crippen molar-refractivity contribution < 1.29 is 9.47 Å². The Labute approximate surface area is 117 Å². The minimum atomic E-state index is 0.617. The summed E-state index contributed by atoms with van der Waals surface area (Å²) in [6, 6.07) is 1.97. The van der Waals surface area contributed by atoms with Gasteiger partial charge in [0.15, 0.2) is 0 Å². The summed E-state index contributed by atoms with van der Waals surface area (Å²) >= 11 is 0. The van der Waals surface area contributed by atoms with Gasteiger partial charge in [0.1, 0.15) is 0 Å². The molecule has 2 saturated heterocycles. The van der Waals surface area contributed by atoms with E-state index in [4.69, 9.17) is 9.47 Å². The van der Waals surface area contributed by atoms with Crippen LogP contribution in [-0.4, -0.2) is 62.5 Å². The molecule has 2 heterocycles. The average molecular weight is 270 g/mol. The van der Waals surface area contributed by atoms with Crippen molar-refractivity contribution >= 4 is 0 Å². The van der Waals surface area contributed by atoms with E-state index in [0.717, 1.165) is 39.5 Å². The molecule has 2 aliphatic rings. The molecule has 2 rings (SSSR count). The van der Waals surface area contributed by atoms with Crippen LogP contribution in [0.15, 0.2) is 0 Å². The molecule has 2 fully saturated rings. The van der Waals surface area contributed by atoms with Gasteiger partial charge in [-0.2, -0.15) is 0 Å². The van der Waals surface area contributed by atoms with Crippen molar-refractivity contribution in [2.45, 2.75) is 57.7 Å². The van der Waals surface area contributed by atoms with Crippen LogP contribution in [0.4, 0.5) is 0 Å². The van der Waals surface area contributed by atoms with Gasteiger partial charge in [0.2, 0.25) is 0 Å². The Bertz CT molecular complexity index is 238. The first-order chi connectivity index (χ1) is 9.25. The average Bonchev–Trinajstić information content (AvgIpc) is 2.47. The molecular weight excluding hydrogens is 240 g/mol. The minimum Gasteiger partial charge on any atom is -0.381 e. The Morgan fingerprint density at radius 1 is 1.00 bits per heavy atom. The topological polar surface area (TPSA) is 33.7 Å². The van der Waals surface area contributed by atoms with Gasteiger partial charge < -0.3 is 14.8 Å². The molecule has 0 radical (unpaired) electrons. The van der Waals surface area contributed by atoms with E-state index < -0.39 is 0 Å². The summed E-state index contributed by atoms with van der Waals surface area (Å²) in [7, 11) is 0. The highest BCUT2D eigenvalue weighted by Crippen LogP contribution is 2.13. The zero-order valence-corrected chi connectivity index (χ0v) is 12.6. The van der Waals surface area contributed by atoms with Crippen molar-refractivity contribution in [3.8, 4) is 0 Å². The van der Waals surface area contributed by atoms with Crippen molar-refractivity contribution in [2.24, 2.45) is 0 Å². The molecule has 0 aromatic rings. The van der Waals surface area contributed by atoms with E-state index in [0.29, 0.717) is 18.1 Å². The predicted octanol–water partition coefficient (Wildman–Crippen LogP) is 1.64. The SMILES string of the molecule is CC(CCC(C)N1CCOCC1)NC1CCOCC1. The number of hydrogen-bond acceptors (Lipinski definition) is 4. The number of rotatable bonds is 6. The highest BCUT2D eigenvalue weighted by atomic mass is 16.5. The molecule has 4 heteroatoms. The smallest absolute Gasteiger partial charge is 0.0594 e. The molecule has 0 saturated carbocycles. The molecule has 0 aliphatic carbocycles. The lowest BCUT2D eigenvalue weighted by atomic mass is 10.0. The first-order valence-corrected chi connectivity index (χ1v) is 7.91. The van der Waals surface area contributed by atoms with Gasteiger partial charge in [-0.25, -0.2) is 0 Å². The summed E-state index contributed by atoms with van der Waals surface area (Å²) in [5.74, 6) is 0. The monoisotopic (exact) mass is 270 g/mol. The van der Waals surface area contributed by atoms with Crippen molar-refractivity contribution in [3.63, 3.8) is 0 Å². The van der Waals surface area contributed by atoms with Crippen LogP contribution in [0.25, 0.3) is 0 Å². The first-order valence-electron chi connectivity index (χ1n) is 7.91. The highest BCUT2D eigenvalue weighted by Gasteiger charge is 2.19. The third-order valence-electron chi connectivity index (χ3n) is 4.43. The normalized spacial score (nSPS) is 26.2. The van der Waals surface area contributed by atoms with Gasteiger partial charge in [-0.05, 0) is 39.5 Å². The fourth-order valence-electron chi connectivity index (χ4n) is 3.04. The Balaban J connectivity index is 1.60. The predicted molar refractivity (Wildman–Crippen MR) is 77.5 cm³/mol. The van der Waals surface area contributed by atoms with E-state index in [-0.39, 0.29) is 0 Å². The maximum atomic E-state index is 5.41. The van der Waals surface area contributed by atoms with Gasteiger partial charge in [-0.3, -0.25) is 4.90 Å². The maximum absolute atomic E-state index is 5.41. The Morgan fingerprint density at radius 2 is 1.63 bits per heavy atom. The Kier molecular flexibility index (Phi) is 6.57. The van der Waals surface area contributed by atoms with E-state index in [1.165, 1.54) is 25.7 Å². The molecule has 2 atom stereocenters. The third kappa shape index (κ3) is 5.38. The zero-order chi connectivity index (χ0) is 13.5. The van der Waals surface area contributed by atoms with Gasteiger partial charge in [-0.1, -0.05) is 0 Å². The largest absolute Gasteiger partial charge is 0.381 e. The van der Waals surface area contributed by atoms with Gasteiger partial charge in [0.25, 0.3) is 0 Å². The lowest BCUT2D eigenvalue weighted by Gasteiger charge is -2.33. The molecule has 0 aromatic heterocycles. The molecule has 112 valence electrons. The van der Waals surface area contributed by atoms with Crippen LogP contribution in [0.2, 0.25) is 0 Å². The minimum absolute atomic E-state index is 0.617. The highest BCUT2D eigenvalue weighted by molar-refractivity contribution is 4.76. The molecule has 2 aliphatic heterocycles. The Hall–Kier alpha value is -0.160. The first kappa shape index (κ1) is 15.2. The van der Waals surface area contributed by atoms with Gasteiger partial charge >= 0.3 is 0 Å². The van der Waals surface area contributed by atoms with Gasteiger partial charge in [0, 0.05) is 44.4 Å². The Morgan fingerprint density at radius 3 is 2.32 bits per heavy atom. The summed E-state index contributed by atoms with van der Waals surface area (Å²) in [4.78, 5) is 2.56. The second kappa shape index (κ2) is 8.20. The summed E-state index contributed by atoms with van der Waals surface area (Å²) < 4.78 is 10.8. The van der Waals surface area contributed by atoms with Crippen LogP contribution in [0.1, 0.15) is 39.5 Å². The molecule has 0 bridgehead atoms. The van der Waals surface area contributed by atoms with Gasteiger partial charge in [0.05, 0.1) is 13.2 Å². The molecule has 0 amide bonds. The molecular formula is C15H30N2O2. The number of hydrogen-bond donors (Lipinski definition) is 1. The number of morpholine rings is 1. The second-order valence-electron chi connectivity index (χ2n) is 6.03. The van der Waals surface area contributed by atoms with Crippen LogP contribution >= 0.6 is 0 Å². The van der Waals surface area contributed by atoms with Crippen molar-refractivity contribution in [1.82, 2.24) is 10.2 Å². The van der Waals surface area contributed by atoms with E-state index in [1.807, 2.05) is 0 Å². The zero-order valence-electron chi connectivity index (χ0n) is 12.6. The molecule has 4 nitrogen and oxygen atoms in total. The fourth-order valence-corrected chi connectivity index (χ4v) is 3.04. The molecule has 0 aromatic carbocycles. The quantitative estimate of drug-likeness (QED) is 0.795. The molecule has 1 N–H and O–H groups in total. The third-order valence-corrected chi connectivity index (χ3v) is 4.43. The van der Waals surface area contributed by atoms with E-state index in [2.05, 4.69) is 24.1 Å². The summed E-state index contributed by atoms with van der Waals surface area (Å²) in [5.41, 5.74) is 0. The molecule has 19 heavy (non-hydrogen) atoms. The van der Waals surface area contributed by atoms with E-state index in [1.54, 1.807) is 0 Å². The summed E-state index contributed by atoms with van der Waals surface area (Å²) in [6.45, 7) is 10.5. The number of ether oxygens (including phenoxy) is 2. The van der Waals surface area contributed by atoms with Crippen LogP contribution < -0.4 is 5.32 Å². The summed E-state index contributed by atoms with van der Waals surface area (Å²) in [6.07, 6.45) is 4.87. The van der Waals surface area contributed by atoms with Crippen LogP contribution in [0, 0.1) is 0 Å². The molecule has 2 unspecified atom stereocenters. The second-order valence-corrected chi connectivity index (χ2v) is 6.03. The van der Waals surface area contributed by atoms with Crippen LogP contribution in [-0.2, 0) is 9.47 Å². The molecule has 0 spiro atoms. The lowest BCUT2D eigenvalue weighted by Crippen LogP contribution is -2.44. The van der Waals surface area contributed by atoms with Gasteiger partial charge in [-0.15, -0.1) is 0 Å². The van der Waals surface area contributed by atoms with Crippen molar-refractivity contribution in [2.75, 3.05) is 39.5 Å².